The maximum absolute atomic E-state index is 12.9. The lowest BCUT2D eigenvalue weighted by Crippen LogP contribution is -2.35. The van der Waals surface area contributed by atoms with E-state index in [-0.39, 0.29) is 18.2 Å². The van der Waals surface area contributed by atoms with E-state index in [1.165, 1.54) is 0 Å². The molecular formula is C18H16N4O3. The second kappa shape index (κ2) is 5.94. The van der Waals surface area contributed by atoms with Crippen LogP contribution in [-0.2, 0) is 9.59 Å². The summed E-state index contributed by atoms with van der Waals surface area (Å²) in [4.78, 5) is 29.3. The van der Waals surface area contributed by atoms with E-state index in [9.17, 15) is 9.59 Å². The van der Waals surface area contributed by atoms with Gasteiger partial charge in [0.1, 0.15) is 11.8 Å². The van der Waals surface area contributed by atoms with Crippen LogP contribution in [0.3, 0.4) is 0 Å². The van der Waals surface area contributed by atoms with Gasteiger partial charge in [-0.15, -0.1) is 0 Å². The van der Waals surface area contributed by atoms with E-state index in [1.807, 2.05) is 36.4 Å². The van der Waals surface area contributed by atoms with Crippen LogP contribution in [0.15, 0.2) is 48.5 Å². The molecule has 126 valence electrons. The third-order valence-corrected chi connectivity index (χ3v) is 4.20. The van der Waals surface area contributed by atoms with Gasteiger partial charge < -0.3 is 10.1 Å². The molecule has 0 aliphatic carbocycles. The van der Waals surface area contributed by atoms with Gasteiger partial charge in [0, 0.05) is 0 Å². The number of nitrogens with one attached hydrogen (secondary N) is 2. The van der Waals surface area contributed by atoms with Crippen molar-refractivity contribution in [1.82, 2.24) is 9.55 Å². The number of benzene rings is 2. The van der Waals surface area contributed by atoms with Gasteiger partial charge in [0.05, 0.1) is 30.3 Å². The standard InChI is InChI=1S/C18H16N4O3/c1-25-15-9-5-3-7-12(15)19-17(24)14-10-16(23)21-18-20-11-6-2-4-8-13(11)22(14)18/h2-9,14H,10H2,1H3,(H,19,24)(H,20,21,23). The predicted molar refractivity (Wildman–Crippen MR) is 93.6 cm³/mol. The summed E-state index contributed by atoms with van der Waals surface area (Å²) in [7, 11) is 1.54. The van der Waals surface area contributed by atoms with Gasteiger partial charge in [-0.3, -0.25) is 19.5 Å². The van der Waals surface area contributed by atoms with Crippen molar-refractivity contribution < 1.29 is 14.3 Å². The molecule has 4 rings (SSSR count). The number of carbonyl (C=O) groups excluding carboxylic acids is 2. The number of rotatable bonds is 3. The van der Waals surface area contributed by atoms with E-state index in [0.717, 1.165) is 11.0 Å². The predicted octanol–water partition coefficient (Wildman–Crippen LogP) is 2.57. The lowest BCUT2D eigenvalue weighted by atomic mass is 10.1. The lowest BCUT2D eigenvalue weighted by Gasteiger charge is -2.25. The first-order valence-corrected chi connectivity index (χ1v) is 7.88. The van der Waals surface area contributed by atoms with E-state index in [2.05, 4.69) is 15.6 Å². The third kappa shape index (κ3) is 2.59. The van der Waals surface area contributed by atoms with Gasteiger partial charge in [0.25, 0.3) is 0 Å². The van der Waals surface area contributed by atoms with Crippen molar-refractivity contribution in [3.63, 3.8) is 0 Å². The summed E-state index contributed by atoms with van der Waals surface area (Å²) >= 11 is 0. The maximum atomic E-state index is 12.9. The second-order valence-corrected chi connectivity index (χ2v) is 5.75. The molecule has 3 aromatic rings. The summed E-state index contributed by atoms with van der Waals surface area (Å²) in [6, 6.07) is 14.0. The van der Waals surface area contributed by atoms with Gasteiger partial charge in [-0.05, 0) is 24.3 Å². The van der Waals surface area contributed by atoms with Crippen LogP contribution in [0.1, 0.15) is 12.5 Å². The van der Waals surface area contributed by atoms with Crippen LogP contribution in [0.2, 0.25) is 0 Å². The number of nitrogens with zero attached hydrogens (tertiary/aromatic N) is 2. The zero-order chi connectivity index (χ0) is 17.4. The van der Waals surface area contributed by atoms with Gasteiger partial charge in [0.15, 0.2) is 0 Å². The van der Waals surface area contributed by atoms with Crippen LogP contribution in [-0.4, -0.2) is 28.5 Å². The Morgan fingerprint density at radius 2 is 2.00 bits per heavy atom. The number of hydrogen-bond donors (Lipinski definition) is 2. The highest BCUT2D eigenvalue weighted by atomic mass is 16.5. The molecule has 1 aliphatic heterocycles. The quantitative estimate of drug-likeness (QED) is 0.770. The fraction of sp³-hybridized carbons (Fsp3) is 0.167. The maximum Gasteiger partial charge on any atom is 0.248 e. The summed E-state index contributed by atoms with van der Waals surface area (Å²) < 4.78 is 7.03. The van der Waals surface area contributed by atoms with Crippen molar-refractivity contribution in [3.05, 3.63) is 48.5 Å². The number of para-hydroxylation sites is 4. The average Bonchev–Trinajstić information content (AvgIpc) is 2.99. The summed E-state index contributed by atoms with van der Waals surface area (Å²) in [5.41, 5.74) is 2.10. The van der Waals surface area contributed by atoms with Crippen LogP contribution in [0.4, 0.5) is 11.6 Å². The fourth-order valence-corrected chi connectivity index (χ4v) is 3.06. The van der Waals surface area contributed by atoms with E-state index in [0.29, 0.717) is 17.4 Å². The van der Waals surface area contributed by atoms with Crippen molar-refractivity contribution in [2.75, 3.05) is 17.7 Å². The molecule has 1 unspecified atom stereocenters. The number of fused-ring (bicyclic) bond motifs is 3. The smallest absolute Gasteiger partial charge is 0.248 e. The van der Waals surface area contributed by atoms with Crippen molar-refractivity contribution in [2.24, 2.45) is 0 Å². The minimum Gasteiger partial charge on any atom is -0.495 e. The van der Waals surface area contributed by atoms with Crippen LogP contribution in [0, 0.1) is 0 Å². The van der Waals surface area contributed by atoms with Crippen molar-refractivity contribution in [1.29, 1.82) is 0 Å². The van der Waals surface area contributed by atoms with Gasteiger partial charge in [-0.25, -0.2) is 4.98 Å². The molecule has 0 spiro atoms. The zero-order valence-corrected chi connectivity index (χ0v) is 13.5. The van der Waals surface area contributed by atoms with Gasteiger partial charge in [0.2, 0.25) is 17.8 Å². The Hall–Kier alpha value is -3.35. The van der Waals surface area contributed by atoms with Crippen molar-refractivity contribution in [2.45, 2.75) is 12.5 Å². The molecule has 2 amide bonds. The number of anilines is 2. The number of imidazole rings is 1. The molecule has 0 saturated heterocycles. The summed E-state index contributed by atoms with van der Waals surface area (Å²) in [6.07, 6.45) is 0.0499. The van der Waals surface area contributed by atoms with Crippen molar-refractivity contribution in [3.8, 4) is 5.75 Å². The fourth-order valence-electron chi connectivity index (χ4n) is 3.06. The van der Waals surface area contributed by atoms with Crippen LogP contribution < -0.4 is 15.4 Å². The van der Waals surface area contributed by atoms with E-state index in [4.69, 9.17) is 4.74 Å². The third-order valence-electron chi connectivity index (χ3n) is 4.20. The largest absolute Gasteiger partial charge is 0.495 e. The van der Waals surface area contributed by atoms with E-state index < -0.39 is 6.04 Å². The Balaban J connectivity index is 1.73. The summed E-state index contributed by atoms with van der Waals surface area (Å²) in [5, 5.41) is 5.58. The van der Waals surface area contributed by atoms with Gasteiger partial charge in [-0.1, -0.05) is 24.3 Å². The highest BCUT2D eigenvalue weighted by molar-refractivity contribution is 6.03. The molecule has 0 radical (unpaired) electrons. The Labute approximate surface area is 143 Å². The minimum atomic E-state index is -0.680. The first-order valence-electron chi connectivity index (χ1n) is 7.88. The first kappa shape index (κ1) is 15.2. The zero-order valence-electron chi connectivity index (χ0n) is 13.5. The molecule has 0 bridgehead atoms. The van der Waals surface area contributed by atoms with E-state index in [1.54, 1.807) is 23.8 Å². The molecule has 2 aromatic carbocycles. The SMILES string of the molecule is COc1ccccc1NC(=O)C1CC(=O)Nc2nc3ccccc3n21. The number of methoxy groups -OCH3 is 1. The topological polar surface area (TPSA) is 85.2 Å². The highest BCUT2D eigenvalue weighted by Gasteiger charge is 2.33. The Morgan fingerprint density at radius 1 is 1.24 bits per heavy atom. The Kier molecular flexibility index (Phi) is 3.61. The second-order valence-electron chi connectivity index (χ2n) is 5.75. The molecule has 0 saturated carbocycles. The summed E-state index contributed by atoms with van der Waals surface area (Å²) in [5.74, 6) is 0.427. The molecule has 7 heteroatoms. The Bertz CT molecular complexity index is 979. The highest BCUT2D eigenvalue weighted by Crippen LogP contribution is 2.32. The molecule has 0 fully saturated rings. The normalized spacial score (nSPS) is 16.2. The van der Waals surface area contributed by atoms with Gasteiger partial charge >= 0.3 is 0 Å². The molecule has 2 N–H and O–H groups in total. The summed E-state index contributed by atoms with van der Waals surface area (Å²) in [6.45, 7) is 0. The van der Waals surface area contributed by atoms with Crippen LogP contribution in [0.5, 0.6) is 5.75 Å². The molecule has 2 heterocycles. The number of hydrogen-bond acceptors (Lipinski definition) is 4. The molecule has 7 nitrogen and oxygen atoms in total. The first-order chi connectivity index (χ1) is 12.2. The number of carbonyl (C=O) groups is 2. The van der Waals surface area contributed by atoms with Crippen LogP contribution in [0.25, 0.3) is 11.0 Å². The molecule has 1 aromatic heterocycles. The monoisotopic (exact) mass is 336 g/mol. The minimum absolute atomic E-state index is 0.0499. The Morgan fingerprint density at radius 3 is 2.84 bits per heavy atom. The molecule has 25 heavy (non-hydrogen) atoms. The lowest BCUT2D eigenvalue weighted by molar-refractivity contribution is -0.124. The van der Waals surface area contributed by atoms with Crippen molar-refractivity contribution >= 4 is 34.5 Å². The van der Waals surface area contributed by atoms with E-state index >= 15 is 0 Å². The number of amides is 2. The average molecular weight is 336 g/mol. The molecular weight excluding hydrogens is 320 g/mol. The number of ether oxygens (including phenoxy) is 1. The number of aromatic nitrogens is 2. The molecule has 1 aliphatic rings. The van der Waals surface area contributed by atoms with Crippen LogP contribution >= 0.6 is 0 Å². The molecule has 1 atom stereocenters. The van der Waals surface area contributed by atoms with Gasteiger partial charge in [-0.2, -0.15) is 0 Å².